The summed E-state index contributed by atoms with van der Waals surface area (Å²) in [4.78, 5) is 12.6. The molecule has 17 heavy (non-hydrogen) atoms. The number of anilines is 1. The molecule has 1 aliphatic heterocycles. The molecule has 4 heteroatoms. The highest BCUT2D eigenvalue weighted by Gasteiger charge is 2.21. The maximum atomic E-state index is 4.44. The summed E-state index contributed by atoms with van der Waals surface area (Å²) >= 11 is 0. The summed E-state index contributed by atoms with van der Waals surface area (Å²) in [5.74, 6) is 2.75. The van der Waals surface area contributed by atoms with Gasteiger partial charge in [0.25, 0.3) is 0 Å². The van der Waals surface area contributed by atoms with Gasteiger partial charge in [0.1, 0.15) is 11.6 Å². The topological polar surface area (TPSA) is 35.2 Å². The Labute approximate surface area is 104 Å². The fourth-order valence-corrected chi connectivity index (χ4v) is 2.40. The van der Waals surface area contributed by atoms with Gasteiger partial charge in [0.15, 0.2) is 0 Å². The van der Waals surface area contributed by atoms with Gasteiger partial charge in [-0.25, -0.2) is 4.98 Å². The summed E-state index contributed by atoms with van der Waals surface area (Å²) in [6.07, 6.45) is 4.46. The number of aromatic amines is 1. The quantitative estimate of drug-likeness (QED) is 0.872. The SMILES string of the molecule is CC(C)c1ncc(N2CCC(N(C)C)CC2)[nH]1. The van der Waals surface area contributed by atoms with Crippen molar-refractivity contribution in [1.82, 2.24) is 14.9 Å². The average Bonchev–Trinajstić information content (AvgIpc) is 2.78. The smallest absolute Gasteiger partial charge is 0.126 e. The van der Waals surface area contributed by atoms with Gasteiger partial charge in [0.2, 0.25) is 0 Å². The molecule has 1 N–H and O–H groups in total. The second-order valence-electron chi connectivity index (χ2n) is 5.49. The molecule has 2 rings (SSSR count). The Hall–Kier alpha value is -1.03. The predicted molar refractivity (Wildman–Crippen MR) is 71.6 cm³/mol. The number of aromatic nitrogens is 2. The van der Waals surface area contributed by atoms with Crippen LogP contribution < -0.4 is 4.90 Å². The van der Waals surface area contributed by atoms with E-state index in [9.17, 15) is 0 Å². The van der Waals surface area contributed by atoms with Gasteiger partial charge in [-0.2, -0.15) is 0 Å². The van der Waals surface area contributed by atoms with Crippen molar-refractivity contribution in [3.63, 3.8) is 0 Å². The van der Waals surface area contributed by atoms with Crippen molar-refractivity contribution in [2.24, 2.45) is 0 Å². The third kappa shape index (κ3) is 2.80. The van der Waals surface area contributed by atoms with Gasteiger partial charge in [0.05, 0.1) is 6.20 Å². The Balaban J connectivity index is 1.96. The van der Waals surface area contributed by atoms with Crippen molar-refractivity contribution in [2.75, 3.05) is 32.1 Å². The molecule has 0 bridgehead atoms. The molecule has 2 heterocycles. The molecule has 0 unspecified atom stereocenters. The van der Waals surface area contributed by atoms with Crippen molar-refractivity contribution in [3.8, 4) is 0 Å². The van der Waals surface area contributed by atoms with Crippen LogP contribution in [0.3, 0.4) is 0 Å². The Morgan fingerprint density at radius 1 is 1.35 bits per heavy atom. The van der Waals surface area contributed by atoms with Crippen LogP contribution in [0.2, 0.25) is 0 Å². The highest BCUT2D eigenvalue weighted by atomic mass is 15.2. The summed E-state index contributed by atoms with van der Waals surface area (Å²) in [6.45, 7) is 6.59. The second-order valence-corrected chi connectivity index (χ2v) is 5.49. The highest BCUT2D eigenvalue weighted by Crippen LogP contribution is 2.21. The Kier molecular flexibility index (Phi) is 3.72. The van der Waals surface area contributed by atoms with E-state index in [-0.39, 0.29) is 0 Å². The predicted octanol–water partition coefficient (Wildman–Crippen LogP) is 2.06. The van der Waals surface area contributed by atoms with Crippen molar-refractivity contribution in [3.05, 3.63) is 12.0 Å². The fourth-order valence-electron chi connectivity index (χ4n) is 2.40. The van der Waals surface area contributed by atoms with Gasteiger partial charge in [-0.05, 0) is 26.9 Å². The number of rotatable bonds is 3. The summed E-state index contributed by atoms with van der Waals surface area (Å²) in [5.41, 5.74) is 0. The van der Waals surface area contributed by atoms with Crippen molar-refractivity contribution >= 4 is 5.82 Å². The molecule has 1 fully saturated rings. The minimum absolute atomic E-state index is 0.475. The summed E-state index contributed by atoms with van der Waals surface area (Å²) in [7, 11) is 4.35. The minimum Gasteiger partial charge on any atom is -0.357 e. The molecule has 0 saturated carbocycles. The van der Waals surface area contributed by atoms with Gasteiger partial charge in [-0.15, -0.1) is 0 Å². The lowest BCUT2D eigenvalue weighted by Gasteiger charge is -2.35. The van der Waals surface area contributed by atoms with Crippen LogP contribution in [0, 0.1) is 0 Å². The first kappa shape index (κ1) is 12.4. The number of nitrogens with one attached hydrogen (secondary N) is 1. The van der Waals surface area contributed by atoms with E-state index in [2.05, 4.69) is 47.7 Å². The third-order valence-corrected chi connectivity index (χ3v) is 3.66. The number of imidazole rings is 1. The molecule has 96 valence electrons. The van der Waals surface area contributed by atoms with E-state index in [1.807, 2.05) is 6.20 Å². The molecule has 1 aromatic rings. The Bertz CT molecular complexity index is 348. The van der Waals surface area contributed by atoms with Gasteiger partial charge < -0.3 is 14.8 Å². The Morgan fingerprint density at radius 2 is 2.00 bits per heavy atom. The van der Waals surface area contributed by atoms with E-state index >= 15 is 0 Å². The summed E-state index contributed by atoms with van der Waals surface area (Å²) < 4.78 is 0. The number of piperidine rings is 1. The van der Waals surface area contributed by atoms with Crippen LogP contribution >= 0.6 is 0 Å². The van der Waals surface area contributed by atoms with Crippen LogP contribution in [0.4, 0.5) is 5.82 Å². The minimum atomic E-state index is 0.475. The molecule has 0 aromatic carbocycles. The van der Waals surface area contributed by atoms with Gasteiger partial charge in [-0.3, -0.25) is 0 Å². The molecule has 1 aromatic heterocycles. The van der Waals surface area contributed by atoms with E-state index < -0.39 is 0 Å². The summed E-state index contributed by atoms with van der Waals surface area (Å²) in [6, 6.07) is 0.735. The second kappa shape index (κ2) is 5.08. The number of hydrogen-bond donors (Lipinski definition) is 1. The van der Waals surface area contributed by atoms with Crippen molar-refractivity contribution in [2.45, 2.75) is 38.6 Å². The van der Waals surface area contributed by atoms with Crippen LogP contribution in [0.25, 0.3) is 0 Å². The van der Waals surface area contributed by atoms with Crippen molar-refractivity contribution in [1.29, 1.82) is 0 Å². The maximum Gasteiger partial charge on any atom is 0.126 e. The van der Waals surface area contributed by atoms with Gasteiger partial charge in [-0.1, -0.05) is 13.8 Å². The van der Waals surface area contributed by atoms with Crippen LogP contribution in [-0.4, -0.2) is 48.1 Å². The fraction of sp³-hybridized carbons (Fsp3) is 0.769. The summed E-state index contributed by atoms with van der Waals surface area (Å²) in [5, 5.41) is 0. The van der Waals surface area contributed by atoms with E-state index in [1.165, 1.54) is 18.7 Å². The molecule has 0 radical (unpaired) electrons. The monoisotopic (exact) mass is 236 g/mol. The van der Waals surface area contributed by atoms with Crippen LogP contribution in [0.15, 0.2) is 6.20 Å². The number of hydrogen-bond acceptors (Lipinski definition) is 3. The lowest BCUT2D eigenvalue weighted by molar-refractivity contribution is 0.249. The Morgan fingerprint density at radius 3 is 2.47 bits per heavy atom. The standard InChI is InChI=1S/C13H24N4/c1-10(2)13-14-9-12(15-13)17-7-5-11(6-8-17)16(3)4/h9-11H,5-8H2,1-4H3,(H,14,15). The van der Waals surface area contributed by atoms with Crippen LogP contribution in [0.1, 0.15) is 38.4 Å². The maximum absolute atomic E-state index is 4.44. The number of H-pyrrole nitrogens is 1. The van der Waals surface area contributed by atoms with Crippen LogP contribution in [0.5, 0.6) is 0 Å². The lowest BCUT2D eigenvalue weighted by Crippen LogP contribution is -2.42. The first-order valence-corrected chi connectivity index (χ1v) is 6.54. The van der Waals surface area contributed by atoms with Crippen molar-refractivity contribution < 1.29 is 0 Å². The van der Waals surface area contributed by atoms with Crippen LogP contribution in [-0.2, 0) is 0 Å². The zero-order valence-corrected chi connectivity index (χ0v) is 11.4. The van der Waals surface area contributed by atoms with E-state index in [4.69, 9.17) is 0 Å². The molecular formula is C13H24N4. The molecule has 1 saturated heterocycles. The molecule has 4 nitrogen and oxygen atoms in total. The average molecular weight is 236 g/mol. The molecular weight excluding hydrogens is 212 g/mol. The largest absolute Gasteiger partial charge is 0.357 e. The first-order valence-electron chi connectivity index (χ1n) is 6.54. The third-order valence-electron chi connectivity index (χ3n) is 3.66. The molecule has 0 atom stereocenters. The first-order chi connectivity index (χ1) is 8.08. The number of nitrogens with zero attached hydrogens (tertiary/aromatic N) is 3. The van der Waals surface area contributed by atoms with E-state index in [1.54, 1.807) is 0 Å². The highest BCUT2D eigenvalue weighted by molar-refractivity contribution is 5.37. The van der Waals surface area contributed by atoms with E-state index in [0.717, 1.165) is 25.0 Å². The lowest BCUT2D eigenvalue weighted by atomic mass is 10.0. The zero-order valence-electron chi connectivity index (χ0n) is 11.4. The molecule has 0 amide bonds. The molecule has 0 aliphatic carbocycles. The van der Waals surface area contributed by atoms with Gasteiger partial charge >= 0.3 is 0 Å². The van der Waals surface area contributed by atoms with E-state index in [0.29, 0.717) is 5.92 Å². The van der Waals surface area contributed by atoms with Gasteiger partial charge in [0, 0.05) is 25.0 Å². The molecule has 0 spiro atoms. The molecule has 1 aliphatic rings. The normalized spacial score (nSPS) is 18.4. The zero-order chi connectivity index (χ0) is 12.4.